The monoisotopic (exact) mass is 315 g/mol. The van der Waals surface area contributed by atoms with Crippen molar-refractivity contribution >= 4 is 28.8 Å². The van der Waals surface area contributed by atoms with E-state index < -0.39 is 5.91 Å². The predicted octanol–water partition coefficient (Wildman–Crippen LogP) is 3.62. The number of pyridine rings is 1. The van der Waals surface area contributed by atoms with E-state index in [-0.39, 0.29) is 5.01 Å². The number of nitrogens with zero attached hydrogens (tertiary/aromatic N) is 2. The summed E-state index contributed by atoms with van der Waals surface area (Å²) in [5.41, 5.74) is 7.82. The summed E-state index contributed by atoms with van der Waals surface area (Å²) in [5.74, 6) is -0.538. The van der Waals surface area contributed by atoms with Gasteiger partial charge < -0.3 is 5.73 Å². The van der Waals surface area contributed by atoms with Crippen molar-refractivity contribution in [1.82, 2.24) is 9.97 Å². The summed E-state index contributed by atoms with van der Waals surface area (Å²) in [5, 5.41) is 0.650. The molecule has 0 aliphatic heterocycles. The number of amides is 1. The first-order valence-electron chi connectivity index (χ1n) is 6.13. The molecule has 104 valence electrons. The summed E-state index contributed by atoms with van der Waals surface area (Å²) in [6.45, 7) is 0. The number of hydrogen-bond donors (Lipinski definition) is 1. The summed E-state index contributed by atoms with van der Waals surface area (Å²) >= 11 is 7.21. The van der Waals surface area contributed by atoms with Gasteiger partial charge in [0.05, 0.1) is 10.6 Å². The molecule has 0 atom stereocenters. The molecule has 0 saturated carbocycles. The second kappa shape index (κ2) is 5.63. The van der Waals surface area contributed by atoms with E-state index in [0.29, 0.717) is 10.8 Å². The van der Waals surface area contributed by atoms with Crippen molar-refractivity contribution in [2.45, 2.75) is 0 Å². The second-order valence-corrected chi connectivity index (χ2v) is 5.68. The van der Waals surface area contributed by atoms with Crippen LogP contribution in [0, 0.1) is 0 Å². The fourth-order valence-electron chi connectivity index (χ4n) is 1.96. The average molecular weight is 316 g/mol. The molecule has 21 heavy (non-hydrogen) atoms. The maximum atomic E-state index is 11.4. The fraction of sp³-hybridized carbons (Fsp3) is 0. The Morgan fingerprint density at radius 1 is 1.14 bits per heavy atom. The number of nitrogens with two attached hydrogens (primary N) is 1. The fourth-order valence-corrected chi connectivity index (χ4v) is 3.07. The van der Waals surface area contributed by atoms with E-state index in [4.69, 9.17) is 17.3 Å². The Bertz CT molecular complexity index is 802. The van der Waals surface area contributed by atoms with E-state index in [1.807, 2.05) is 30.3 Å². The predicted molar refractivity (Wildman–Crippen MR) is 84.3 cm³/mol. The lowest BCUT2D eigenvalue weighted by Gasteiger charge is -2.02. The van der Waals surface area contributed by atoms with Crippen molar-refractivity contribution in [3.05, 3.63) is 58.8 Å². The van der Waals surface area contributed by atoms with Crippen LogP contribution in [0.25, 0.3) is 21.7 Å². The second-order valence-electron chi connectivity index (χ2n) is 4.29. The molecule has 1 aromatic carbocycles. The van der Waals surface area contributed by atoms with Gasteiger partial charge in [0.1, 0.15) is 5.15 Å². The van der Waals surface area contributed by atoms with Crippen LogP contribution in [0.4, 0.5) is 0 Å². The molecule has 3 rings (SSSR count). The lowest BCUT2D eigenvalue weighted by Crippen LogP contribution is -2.10. The van der Waals surface area contributed by atoms with Crippen molar-refractivity contribution < 1.29 is 4.79 Å². The minimum absolute atomic E-state index is 0.275. The van der Waals surface area contributed by atoms with Crippen LogP contribution in [0.3, 0.4) is 0 Å². The van der Waals surface area contributed by atoms with E-state index in [1.54, 1.807) is 18.3 Å². The number of benzene rings is 1. The van der Waals surface area contributed by atoms with E-state index >= 15 is 0 Å². The Balaban J connectivity index is 2.21. The zero-order chi connectivity index (χ0) is 14.8. The summed E-state index contributed by atoms with van der Waals surface area (Å²) < 4.78 is 0. The van der Waals surface area contributed by atoms with Crippen molar-refractivity contribution in [2.75, 3.05) is 0 Å². The molecule has 2 aromatic heterocycles. The van der Waals surface area contributed by atoms with Gasteiger partial charge in [-0.1, -0.05) is 41.9 Å². The number of aromatic nitrogens is 2. The minimum Gasteiger partial charge on any atom is -0.364 e. The van der Waals surface area contributed by atoms with Crippen LogP contribution in [0.1, 0.15) is 9.80 Å². The number of carbonyl (C=O) groups excluding carboxylic acids is 1. The topological polar surface area (TPSA) is 68.9 Å². The van der Waals surface area contributed by atoms with Crippen LogP contribution in [-0.2, 0) is 0 Å². The third-order valence-corrected chi connectivity index (χ3v) is 4.20. The van der Waals surface area contributed by atoms with Crippen molar-refractivity contribution in [2.24, 2.45) is 5.73 Å². The molecule has 6 heteroatoms. The summed E-state index contributed by atoms with van der Waals surface area (Å²) in [4.78, 5) is 20.6. The average Bonchev–Trinajstić information content (AvgIpc) is 2.93. The first-order valence-corrected chi connectivity index (χ1v) is 7.32. The molecule has 0 saturated heterocycles. The number of rotatable bonds is 3. The molecule has 1 amide bonds. The molecule has 0 aliphatic carbocycles. The molecule has 0 aliphatic rings. The molecule has 0 bridgehead atoms. The molecule has 3 aromatic rings. The molecule has 0 spiro atoms. The third-order valence-electron chi connectivity index (χ3n) is 2.87. The largest absolute Gasteiger partial charge is 0.364 e. The van der Waals surface area contributed by atoms with Gasteiger partial charge in [-0.2, -0.15) is 0 Å². The van der Waals surface area contributed by atoms with Crippen LogP contribution in [-0.4, -0.2) is 15.9 Å². The highest BCUT2D eigenvalue weighted by Gasteiger charge is 2.17. The number of thiazole rings is 1. The van der Waals surface area contributed by atoms with Gasteiger partial charge in [0, 0.05) is 11.8 Å². The Hall–Kier alpha value is -2.24. The van der Waals surface area contributed by atoms with E-state index in [9.17, 15) is 4.79 Å². The number of hydrogen-bond acceptors (Lipinski definition) is 4. The van der Waals surface area contributed by atoms with Gasteiger partial charge in [0.15, 0.2) is 5.01 Å². The molecule has 0 fully saturated rings. The number of primary amides is 1. The summed E-state index contributed by atoms with van der Waals surface area (Å²) in [7, 11) is 0. The summed E-state index contributed by atoms with van der Waals surface area (Å²) in [6, 6.07) is 13.2. The van der Waals surface area contributed by atoms with E-state index in [0.717, 1.165) is 16.0 Å². The quantitative estimate of drug-likeness (QED) is 0.750. The lowest BCUT2D eigenvalue weighted by atomic mass is 10.1. The van der Waals surface area contributed by atoms with Gasteiger partial charge in [-0.3, -0.25) is 4.79 Å². The third kappa shape index (κ3) is 2.79. The van der Waals surface area contributed by atoms with Crippen LogP contribution >= 0.6 is 22.9 Å². The highest BCUT2D eigenvalue weighted by molar-refractivity contribution is 7.17. The number of halogens is 1. The first-order chi connectivity index (χ1) is 10.1. The van der Waals surface area contributed by atoms with E-state index in [1.165, 1.54) is 11.3 Å². The highest BCUT2D eigenvalue weighted by atomic mass is 35.5. The molecule has 2 N–H and O–H groups in total. The van der Waals surface area contributed by atoms with Gasteiger partial charge in [-0.05, 0) is 17.7 Å². The maximum Gasteiger partial charge on any atom is 0.277 e. The number of carbonyl (C=O) groups is 1. The van der Waals surface area contributed by atoms with Crippen molar-refractivity contribution in [3.63, 3.8) is 0 Å². The van der Waals surface area contributed by atoms with Crippen molar-refractivity contribution in [3.8, 4) is 21.7 Å². The summed E-state index contributed by atoms with van der Waals surface area (Å²) in [6.07, 6.45) is 1.61. The van der Waals surface area contributed by atoms with Gasteiger partial charge in [0.2, 0.25) is 0 Å². The normalized spacial score (nSPS) is 10.5. The minimum atomic E-state index is -0.538. The van der Waals surface area contributed by atoms with Gasteiger partial charge in [-0.25, -0.2) is 9.97 Å². The van der Waals surface area contributed by atoms with Crippen molar-refractivity contribution in [1.29, 1.82) is 0 Å². The van der Waals surface area contributed by atoms with Crippen LogP contribution < -0.4 is 5.73 Å². The van der Waals surface area contributed by atoms with Crippen LogP contribution in [0.5, 0.6) is 0 Å². The van der Waals surface area contributed by atoms with Crippen LogP contribution in [0.15, 0.2) is 48.7 Å². The Labute approximate surface area is 130 Å². The first kappa shape index (κ1) is 13.7. The van der Waals surface area contributed by atoms with Crippen LogP contribution in [0.2, 0.25) is 5.15 Å². The van der Waals surface area contributed by atoms with Gasteiger partial charge in [-0.15, -0.1) is 11.3 Å². The lowest BCUT2D eigenvalue weighted by molar-refractivity contribution is 0.1000. The zero-order valence-corrected chi connectivity index (χ0v) is 12.4. The molecule has 0 radical (unpaired) electrons. The SMILES string of the molecule is NC(=O)c1nc(-c2ccnc(Cl)c2)c(-c2ccccc2)s1. The molecule has 0 unspecified atom stereocenters. The zero-order valence-electron chi connectivity index (χ0n) is 10.8. The molecule has 4 nitrogen and oxygen atoms in total. The Morgan fingerprint density at radius 2 is 1.90 bits per heavy atom. The Kier molecular flexibility index (Phi) is 3.68. The van der Waals surface area contributed by atoms with E-state index in [2.05, 4.69) is 9.97 Å². The smallest absolute Gasteiger partial charge is 0.277 e. The maximum absolute atomic E-state index is 11.4. The molecular formula is C15H10ClN3OS. The van der Waals surface area contributed by atoms with Gasteiger partial charge >= 0.3 is 0 Å². The molecule has 2 heterocycles. The van der Waals surface area contributed by atoms with Gasteiger partial charge in [0.25, 0.3) is 5.91 Å². The Morgan fingerprint density at radius 3 is 2.57 bits per heavy atom. The molecular weight excluding hydrogens is 306 g/mol. The highest BCUT2D eigenvalue weighted by Crippen LogP contribution is 2.37. The standard InChI is InChI=1S/C15H10ClN3OS/c16-11-8-10(6-7-18-11)12-13(9-4-2-1-3-5-9)21-15(19-12)14(17)20/h1-8H,(H2,17,20).